The highest BCUT2D eigenvalue weighted by atomic mass is 16.2. The van der Waals surface area contributed by atoms with Crippen LogP contribution in [0.5, 0.6) is 0 Å². The minimum Gasteiger partial charge on any atom is -0.322 e. The summed E-state index contributed by atoms with van der Waals surface area (Å²) >= 11 is 0. The average molecular weight is 275 g/mol. The van der Waals surface area contributed by atoms with E-state index in [0.29, 0.717) is 5.92 Å². The summed E-state index contributed by atoms with van der Waals surface area (Å²) in [6.45, 7) is 4.17. The third kappa shape index (κ3) is 1.87. The van der Waals surface area contributed by atoms with Crippen LogP contribution in [0.3, 0.4) is 0 Å². The summed E-state index contributed by atoms with van der Waals surface area (Å²) in [6, 6.07) is 1.74. The highest BCUT2D eigenvalue weighted by molar-refractivity contribution is 5.84. The van der Waals surface area contributed by atoms with Crippen LogP contribution in [-0.4, -0.2) is 28.9 Å². The molecule has 3 aliphatic rings. The van der Waals surface area contributed by atoms with Crippen LogP contribution in [0.25, 0.3) is 0 Å². The van der Waals surface area contributed by atoms with Crippen molar-refractivity contribution in [2.75, 3.05) is 0 Å². The number of likely N-dealkylation sites (tertiary alicyclic amines) is 1. The molecule has 1 saturated heterocycles. The maximum absolute atomic E-state index is 12.9. The summed E-state index contributed by atoms with van der Waals surface area (Å²) in [4.78, 5) is 14.7. The van der Waals surface area contributed by atoms with E-state index in [2.05, 4.69) is 19.9 Å². The SMILES string of the molecule is CC1CC(C#N)N(C(=O)[C@@H](N)C23CCC(CC2)C3)C1C. The lowest BCUT2D eigenvalue weighted by molar-refractivity contribution is -0.137. The summed E-state index contributed by atoms with van der Waals surface area (Å²) in [6.07, 6.45) is 6.56. The van der Waals surface area contributed by atoms with Gasteiger partial charge in [-0.2, -0.15) is 5.26 Å². The van der Waals surface area contributed by atoms with Crippen LogP contribution in [0.1, 0.15) is 52.4 Å². The Morgan fingerprint density at radius 3 is 2.55 bits per heavy atom. The Morgan fingerprint density at radius 2 is 2.05 bits per heavy atom. The predicted molar refractivity (Wildman–Crippen MR) is 76.5 cm³/mol. The van der Waals surface area contributed by atoms with Crippen molar-refractivity contribution in [3.05, 3.63) is 0 Å². The van der Waals surface area contributed by atoms with Gasteiger partial charge in [0.25, 0.3) is 0 Å². The third-order valence-corrected chi connectivity index (χ3v) is 6.32. The maximum atomic E-state index is 12.9. The molecule has 110 valence electrons. The zero-order valence-electron chi connectivity index (χ0n) is 12.5. The molecule has 0 aromatic rings. The van der Waals surface area contributed by atoms with Gasteiger partial charge in [0.15, 0.2) is 0 Å². The number of carbonyl (C=O) groups is 1. The lowest BCUT2D eigenvalue weighted by Gasteiger charge is -2.37. The van der Waals surface area contributed by atoms with E-state index in [0.717, 1.165) is 31.6 Å². The van der Waals surface area contributed by atoms with Crippen molar-refractivity contribution in [3.63, 3.8) is 0 Å². The lowest BCUT2D eigenvalue weighted by Crippen LogP contribution is -2.55. The first-order valence-electron chi connectivity index (χ1n) is 7.96. The van der Waals surface area contributed by atoms with Gasteiger partial charge in [0.2, 0.25) is 5.91 Å². The minimum absolute atomic E-state index is 0.0240. The second-order valence-corrected chi connectivity index (χ2v) is 7.33. The van der Waals surface area contributed by atoms with Gasteiger partial charge in [-0.25, -0.2) is 0 Å². The van der Waals surface area contributed by atoms with Crippen LogP contribution in [-0.2, 0) is 4.79 Å². The van der Waals surface area contributed by atoms with E-state index >= 15 is 0 Å². The average Bonchev–Trinajstić information content (AvgIpc) is 3.12. The number of carbonyl (C=O) groups excluding carboxylic acids is 1. The van der Waals surface area contributed by atoms with Crippen molar-refractivity contribution in [1.29, 1.82) is 5.26 Å². The molecule has 1 amide bonds. The molecular weight excluding hydrogens is 250 g/mol. The van der Waals surface area contributed by atoms with E-state index in [1.54, 1.807) is 4.90 Å². The predicted octanol–water partition coefficient (Wildman–Crippen LogP) is 2.04. The van der Waals surface area contributed by atoms with E-state index in [1.165, 1.54) is 12.8 Å². The Balaban J connectivity index is 1.80. The van der Waals surface area contributed by atoms with E-state index in [4.69, 9.17) is 5.73 Å². The van der Waals surface area contributed by atoms with Gasteiger partial charge in [0.05, 0.1) is 12.1 Å². The number of amides is 1. The monoisotopic (exact) mass is 275 g/mol. The second kappa shape index (κ2) is 4.73. The molecule has 0 radical (unpaired) electrons. The van der Waals surface area contributed by atoms with Crippen LogP contribution in [0.15, 0.2) is 0 Å². The molecule has 2 N–H and O–H groups in total. The summed E-state index contributed by atoms with van der Waals surface area (Å²) in [5.74, 6) is 1.19. The summed E-state index contributed by atoms with van der Waals surface area (Å²) in [7, 11) is 0. The van der Waals surface area contributed by atoms with Crippen LogP contribution in [0.4, 0.5) is 0 Å². The van der Waals surface area contributed by atoms with Crippen LogP contribution in [0.2, 0.25) is 0 Å². The molecule has 3 fully saturated rings. The molecule has 3 rings (SSSR count). The van der Waals surface area contributed by atoms with Gasteiger partial charge in [-0.3, -0.25) is 4.79 Å². The normalized spacial score (nSPS) is 44.6. The zero-order chi connectivity index (χ0) is 14.5. The van der Waals surface area contributed by atoms with Gasteiger partial charge < -0.3 is 10.6 Å². The second-order valence-electron chi connectivity index (χ2n) is 7.33. The highest BCUT2D eigenvalue weighted by Crippen LogP contribution is 2.56. The summed E-state index contributed by atoms with van der Waals surface area (Å²) < 4.78 is 0. The number of nitriles is 1. The molecule has 20 heavy (non-hydrogen) atoms. The van der Waals surface area contributed by atoms with Gasteiger partial charge in [0.1, 0.15) is 6.04 Å². The number of nitrogens with zero attached hydrogens (tertiary/aromatic N) is 2. The number of hydrogen-bond acceptors (Lipinski definition) is 3. The van der Waals surface area contributed by atoms with Crippen molar-refractivity contribution in [1.82, 2.24) is 4.90 Å². The number of nitrogens with two attached hydrogens (primary N) is 1. The van der Waals surface area contributed by atoms with Crippen molar-refractivity contribution in [2.45, 2.75) is 70.5 Å². The van der Waals surface area contributed by atoms with E-state index in [9.17, 15) is 10.1 Å². The van der Waals surface area contributed by atoms with Gasteiger partial charge in [-0.1, -0.05) is 6.92 Å². The van der Waals surface area contributed by atoms with Crippen molar-refractivity contribution >= 4 is 5.91 Å². The molecule has 4 nitrogen and oxygen atoms in total. The van der Waals surface area contributed by atoms with E-state index in [-0.39, 0.29) is 23.4 Å². The van der Waals surface area contributed by atoms with Crippen molar-refractivity contribution < 1.29 is 4.79 Å². The number of rotatable bonds is 2. The fourth-order valence-electron chi connectivity index (χ4n) is 4.79. The Labute approximate surface area is 121 Å². The van der Waals surface area contributed by atoms with Gasteiger partial charge in [0, 0.05) is 6.04 Å². The molecule has 4 atom stereocenters. The van der Waals surface area contributed by atoms with Gasteiger partial charge in [-0.15, -0.1) is 0 Å². The molecule has 4 heteroatoms. The molecule has 0 aromatic heterocycles. The Morgan fingerprint density at radius 1 is 1.40 bits per heavy atom. The molecule has 0 spiro atoms. The van der Waals surface area contributed by atoms with Crippen LogP contribution >= 0.6 is 0 Å². The first-order chi connectivity index (χ1) is 9.48. The lowest BCUT2D eigenvalue weighted by atomic mass is 9.77. The zero-order valence-corrected chi connectivity index (χ0v) is 12.5. The Bertz CT molecular complexity index is 447. The van der Waals surface area contributed by atoms with Gasteiger partial charge in [-0.05, 0) is 62.7 Å². The minimum atomic E-state index is -0.404. The topological polar surface area (TPSA) is 70.1 Å². The smallest absolute Gasteiger partial charge is 0.241 e. The molecule has 2 saturated carbocycles. The van der Waals surface area contributed by atoms with Crippen LogP contribution < -0.4 is 5.73 Å². The fourth-order valence-corrected chi connectivity index (χ4v) is 4.79. The molecular formula is C16H25N3O. The number of fused-ring (bicyclic) bond motifs is 2. The van der Waals surface area contributed by atoms with Crippen molar-refractivity contribution in [3.8, 4) is 6.07 Å². The van der Waals surface area contributed by atoms with Crippen molar-refractivity contribution in [2.24, 2.45) is 23.0 Å². The maximum Gasteiger partial charge on any atom is 0.241 e. The molecule has 1 aliphatic heterocycles. The van der Waals surface area contributed by atoms with Crippen LogP contribution in [0, 0.1) is 28.6 Å². The molecule has 1 heterocycles. The first-order valence-corrected chi connectivity index (χ1v) is 7.96. The third-order valence-electron chi connectivity index (χ3n) is 6.32. The molecule has 2 aliphatic carbocycles. The quantitative estimate of drug-likeness (QED) is 0.838. The largest absolute Gasteiger partial charge is 0.322 e. The Kier molecular flexibility index (Phi) is 3.29. The summed E-state index contributed by atoms with van der Waals surface area (Å²) in [5, 5.41) is 9.31. The number of hydrogen-bond donors (Lipinski definition) is 1. The Hall–Kier alpha value is -1.08. The van der Waals surface area contributed by atoms with E-state index < -0.39 is 6.04 Å². The highest BCUT2D eigenvalue weighted by Gasteiger charge is 2.53. The molecule has 3 unspecified atom stereocenters. The summed E-state index contributed by atoms with van der Waals surface area (Å²) in [5.41, 5.74) is 6.43. The first kappa shape index (κ1) is 13.9. The van der Waals surface area contributed by atoms with E-state index in [1.807, 2.05) is 0 Å². The molecule has 0 aromatic carbocycles. The van der Waals surface area contributed by atoms with Gasteiger partial charge >= 0.3 is 0 Å². The standard InChI is InChI=1S/C16H25N3O/c1-10-7-13(9-17)19(11(10)2)15(20)14(18)16-5-3-12(8-16)4-6-16/h10-14H,3-8,18H2,1-2H3/t10?,11?,12?,13?,14-,16?/m1/s1. The fraction of sp³-hybridized carbons (Fsp3) is 0.875. The molecule has 2 bridgehead atoms.